The van der Waals surface area contributed by atoms with E-state index in [9.17, 15) is 0 Å². The van der Waals surface area contributed by atoms with Crippen LogP contribution in [0.1, 0.15) is 34.1 Å². The van der Waals surface area contributed by atoms with E-state index in [-0.39, 0.29) is 0 Å². The van der Waals surface area contributed by atoms with Crippen LogP contribution in [0.15, 0.2) is 6.33 Å². The van der Waals surface area contributed by atoms with E-state index >= 15 is 0 Å². The maximum atomic E-state index is 6.11. The summed E-state index contributed by atoms with van der Waals surface area (Å²) in [5.74, 6) is 1.55. The molecule has 0 bridgehead atoms. The Morgan fingerprint density at radius 3 is 2.47 bits per heavy atom. The zero-order chi connectivity index (χ0) is 12.8. The lowest BCUT2D eigenvalue weighted by atomic mass is 10.2. The van der Waals surface area contributed by atoms with Crippen molar-refractivity contribution >= 4 is 17.3 Å². The van der Waals surface area contributed by atoms with Crippen molar-refractivity contribution in [3.63, 3.8) is 0 Å². The van der Waals surface area contributed by atoms with E-state index in [4.69, 9.17) is 5.73 Å². The molecule has 0 saturated heterocycles. The lowest BCUT2D eigenvalue weighted by Gasteiger charge is -2.23. The van der Waals surface area contributed by atoms with Gasteiger partial charge >= 0.3 is 0 Å². The normalized spacial score (nSPS) is 12.2. The number of hydrogen-bond donors (Lipinski definition) is 2. The molecular formula is C12H23N5. The highest BCUT2D eigenvalue weighted by atomic mass is 15.2. The second kappa shape index (κ2) is 6.27. The Kier molecular flexibility index (Phi) is 5.00. The predicted octanol–water partition coefficient (Wildman–Crippen LogP) is 2.12. The van der Waals surface area contributed by atoms with Crippen molar-refractivity contribution in [3.8, 4) is 0 Å². The Labute approximate surface area is 103 Å². The van der Waals surface area contributed by atoms with Gasteiger partial charge in [0.05, 0.1) is 0 Å². The SMILES string of the molecule is CCC(C)Nc1ncnc(N(CC)CC)c1N. The number of nitrogen functional groups attached to an aromatic ring is 1. The van der Waals surface area contributed by atoms with Crippen LogP contribution in [0, 0.1) is 0 Å². The van der Waals surface area contributed by atoms with Gasteiger partial charge in [0.15, 0.2) is 11.6 Å². The minimum atomic E-state index is 0.358. The highest BCUT2D eigenvalue weighted by molar-refractivity contribution is 5.74. The maximum absolute atomic E-state index is 6.11. The quantitative estimate of drug-likeness (QED) is 0.793. The van der Waals surface area contributed by atoms with E-state index in [1.807, 2.05) is 0 Å². The Morgan fingerprint density at radius 1 is 1.29 bits per heavy atom. The van der Waals surface area contributed by atoms with Crippen LogP contribution in [0.4, 0.5) is 17.3 Å². The van der Waals surface area contributed by atoms with Gasteiger partial charge in [-0.25, -0.2) is 9.97 Å². The van der Waals surface area contributed by atoms with Gasteiger partial charge in [0, 0.05) is 19.1 Å². The molecule has 1 atom stereocenters. The maximum Gasteiger partial charge on any atom is 0.157 e. The molecule has 5 nitrogen and oxygen atoms in total. The molecule has 1 rings (SSSR count). The summed E-state index contributed by atoms with van der Waals surface area (Å²) >= 11 is 0. The molecule has 0 aliphatic rings. The predicted molar refractivity (Wildman–Crippen MR) is 73.4 cm³/mol. The van der Waals surface area contributed by atoms with Gasteiger partial charge in [-0.3, -0.25) is 0 Å². The van der Waals surface area contributed by atoms with Gasteiger partial charge in [0.2, 0.25) is 0 Å². The molecule has 0 fully saturated rings. The third-order valence-electron chi connectivity index (χ3n) is 2.92. The summed E-state index contributed by atoms with van der Waals surface area (Å²) in [5.41, 5.74) is 6.74. The van der Waals surface area contributed by atoms with E-state index in [1.54, 1.807) is 6.33 Å². The third-order valence-corrected chi connectivity index (χ3v) is 2.92. The van der Waals surface area contributed by atoms with E-state index < -0.39 is 0 Å². The van der Waals surface area contributed by atoms with Gasteiger partial charge in [-0.1, -0.05) is 6.92 Å². The molecule has 0 saturated carbocycles. The minimum absolute atomic E-state index is 0.358. The molecule has 0 aliphatic heterocycles. The molecule has 0 amide bonds. The highest BCUT2D eigenvalue weighted by Crippen LogP contribution is 2.26. The molecule has 1 aromatic heterocycles. The van der Waals surface area contributed by atoms with Crippen molar-refractivity contribution in [2.45, 2.75) is 40.2 Å². The monoisotopic (exact) mass is 237 g/mol. The molecular weight excluding hydrogens is 214 g/mol. The number of hydrogen-bond acceptors (Lipinski definition) is 5. The fraction of sp³-hybridized carbons (Fsp3) is 0.667. The molecule has 96 valence electrons. The minimum Gasteiger partial charge on any atom is -0.393 e. The van der Waals surface area contributed by atoms with E-state index in [0.717, 1.165) is 31.1 Å². The molecule has 1 aromatic rings. The molecule has 3 N–H and O–H groups in total. The Bertz CT molecular complexity index is 349. The van der Waals surface area contributed by atoms with Crippen molar-refractivity contribution in [3.05, 3.63) is 6.33 Å². The summed E-state index contributed by atoms with van der Waals surface area (Å²) in [6.45, 7) is 10.2. The second-order valence-corrected chi connectivity index (χ2v) is 4.09. The van der Waals surface area contributed by atoms with E-state index in [0.29, 0.717) is 11.7 Å². The molecule has 0 radical (unpaired) electrons. The summed E-state index contributed by atoms with van der Waals surface area (Å²) in [7, 11) is 0. The number of nitrogens with one attached hydrogen (secondary N) is 1. The number of aromatic nitrogens is 2. The van der Waals surface area contributed by atoms with Crippen LogP contribution in [0.3, 0.4) is 0 Å². The van der Waals surface area contributed by atoms with Crippen LogP contribution in [0.2, 0.25) is 0 Å². The fourth-order valence-corrected chi connectivity index (χ4v) is 1.61. The fourth-order valence-electron chi connectivity index (χ4n) is 1.61. The number of nitrogens with two attached hydrogens (primary N) is 1. The number of anilines is 3. The van der Waals surface area contributed by atoms with Crippen molar-refractivity contribution in [2.24, 2.45) is 0 Å². The lowest BCUT2D eigenvalue weighted by molar-refractivity contribution is 0.758. The smallest absolute Gasteiger partial charge is 0.157 e. The van der Waals surface area contributed by atoms with Gasteiger partial charge in [0.1, 0.15) is 12.0 Å². The van der Waals surface area contributed by atoms with Crippen molar-refractivity contribution in [2.75, 3.05) is 29.0 Å². The Balaban J connectivity index is 2.98. The molecule has 17 heavy (non-hydrogen) atoms. The van der Waals surface area contributed by atoms with Gasteiger partial charge in [-0.15, -0.1) is 0 Å². The third kappa shape index (κ3) is 3.22. The summed E-state index contributed by atoms with van der Waals surface area (Å²) in [6, 6.07) is 0.358. The first kappa shape index (κ1) is 13.5. The van der Waals surface area contributed by atoms with Gasteiger partial charge in [-0.05, 0) is 27.2 Å². The van der Waals surface area contributed by atoms with Gasteiger partial charge in [0.25, 0.3) is 0 Å². The van der Waals surface area contributed by atoms with Crippen LogP contribution in [-0.2, 0) is 0 Å². The first-order valence-electron chi connectivity index (χ1n) is 6.25. The van der Waals surface area contributed by atoms with Gasteiger partial charge < -0.3 is 16.0 Å². The number of nitrogens with zero attached hydrogens (tertiary/aromatic N) is 3. The van der Waals surface area contributed by atoms with Crippen molar-refractivity contribution in [1.82, 2.24) is 9.97 Å². The van der Waals surface area contributed by atoms with Gasteiger partial charge in [-0.2, -0.15) is 0 Å². The van der Waals surface area contributed by atoms with Crippen LogP contribution in [0.25, 0.3) is 0 Å². The largest absolute Gasteiger partial charge is 0.393 e. The zero-order valence-electron chi connectivity index (χ0n) is 11.2. The molecule has 1 unspecified atom stereocenters. The van der Waals surface area contributed by atoms with Crippen molar-refractivity contribution < 1.29 is 0 Å². The Morgan fingerprint density at radius 2 is 1.94 bits per heavy atom. The first-order chi connectivity index (χ1) is 8.13. The van der Waals surface area contributed by atoms with E-state index in [1.165, 1.54) is 0 Å². The first-order valence-corrected chi connectivity index (χ1v) is 6.25. The zero-order valence-corrected chi connectivity index (χ0v) is 11.2. The van der Waals surface area contributed by atoms with E-state index in [2.05, 4.69) is 47.9 Å². The average Bonchev–Trinajstić information content (AvgIpc) is 2.35. The summed E-state index contributed by atoms with van der Waals surface area (Å²) < 4.78 is 0. The lowest BCUT2D eigenvalue weighted by Crippen LogP contribution is -2.25. The summed E-state index contributed by atoms with van der Waals surface area (Å²) in [5, 5.41) is 3.30. The number of rotatable bonds is 6. The van der Waals surface area contributed by atoms with Crippen LogP contribution in [-0.4, -0.2) is 29.1 Å². The molecule has 0 aromatic carbocycles. The summed E-state index contributed by atoms with van der Waals surface area (Å²) in [4.78, 5) is 10.6. The van der Waals surface area contributed by atoms with Crippen LogP contribution >= 0.6 is 0 Å². The van der Waals surface area contributed by atoms with Crippen molar-refractivity contribution in [1.29, 1.82) is 0 Å². The standard InChI is InChI=1S/C12H23N5/c1-5-9(4)16-11-10(13)12(15-8-14-11)17(6-2)7-3/h8-9H,5-7,13H2,1-4H3,(H,14,15,16). The summed E-state index contributed by atoms with van der Waals surface area (Å²) in [6.07, 6.45) is 2.60. The molecule has 0 aliphatic carbocycles. The highest BCUT2D eigenvalue weighted by Gasteiger charge is 2.13. The topological polar surface area (TPSA) is 67.1 Å². The molecule has 1 heterocycles. The van der Waals surface area contributed by atoms with Crippen LogP contribution in [0.5, 0.6) is 0 Å². The van der Waals surface area contributed by atoms with Crippen LogP contribution < -0.4 is 16.0 Å². The molecule has 0 spiro atoms. The molecule has 5 heteroatoms. The average molecular weight is 237 g/mol. The second-order valence-electron chi connectivity index (χ2n) is 4.09. The Hall–Kier alpha value is -1.52.